The van der Waals surface area contributed by atoms with Gasteiger partial charge < -0.3 is 15.0 Å². The van der Waals surface area contributed by atoms with Crippen LogP contribution >= 0.6 is 0 Å². The van der Waals surface area contributed by atoms with Gasteiger partial charge in [0.25, 0.3) is 5.91 Å². The van der Waals surface area contributed by atoms with E-state index in [1.807, 2.05) is 6.07 Å². The molecule has 0 saturated heterocycles. The summed E-state index contributed by atoms with van der Waals surface area (Å²) in [6.07, 6.45) is 0. The monoisotopic (exact) mass is 368 g/mol. The third-order valence-electron chi connectivity index (χ3n) is 4.03. The highest BCUT2D eigenvalue weighted by molar-refractivity contribution is 6.08. The van der Waals surface area contributed by atoms with Crippen LogP contribution in [0.25, 0.3) is 11.4 Å². The fraction of sp³-hybridized carbons (Fsp3) is 0.278. The van der Waals surface area contributed by atoms with Gasteiger partial charge in [0.2, 0.25) is 5.82 Å². The van der Waals surface area contributed by atoms with Gasteiger partial charge in [-0.3, -0.25) is 4.79 Å². The van der Waals surface area contributed by atoms with Crippen LogP contribution in [0.4, 0.5) is 5.69 Å². The van der Waals surface area contributed by atoms with Gasteiger partial charge in [0.15, 0.2) is 0 Å². The van der Waals surface area contributed by atoms with E-state index in [0.29, 0.717) is 28.3 Å². The number of rotatable bonds is 5. The maximum Gasteiger partial charge on any atom is 0.355 e. The van der Waals surface area contributed by atoms with Gasteiger partial charge in [0, 0.05) is 16.9 Å². The van der Waals surface area contributed by atoms with Gasteiger partial charge in [-0.15, -0.1) is 10.2 Å². The highest BCUT2D eigenvalue weighted by Gasteiger charge is 2.23. The van der Waals surface area contributed by atoms with E-state index >= 15 is 0 Å². The van der Waals surface area contributed by atoms with Gasteiger partial charge >= 0.3 is 5.97 Å². The first-order valence-corrected chi connectivity index (χ1v) is 8.42. The van der Waals surface area contributed by atoms with Crippen molar-refractivity contribution in [1.29, 1.82) is 0 Å². The highest BCUT2D eigenvalue weighted by Crippen LogP contribution is 2.22. The molecular weight excluding hydrogens is 348 g/mol. The molecule has 1 aromatic carbocycles. The quantitative estimate of drug-likeness (QED) is 0.668. The van der Waals surface area contributed by atoms with Crippen molar-refractivity contribution in [1.82, 2.24) is 25.2 Å². The number of ether oxygens (including phenoxy) is 1. The predicted molar refractivity (Wildman–Crippen MR) is 98.4 cm³/mol. The lowest BCUT2D eigenvalue weighted by Gasteiger charge is -2.07. The number of hydrogen-bond acceptors (Lipinski definition) is 6. The molecule has 27 heavy (non-hydrogen) atoms. The number of nitrogens with one attached hydrogen (secondary N) is 2. The van der Waals surface area contributed by atoms with E-state index < -0.39 is 5.97 Å². The van der Waals surface area contributed by atoms with Gasteiger partial charge in [-0.2, -0.15) is 4.80 Å². The molecule has 0 aliphatic heterocycles. The van der Waals surface area contributed by atoms with Crippen LogP contribution in [-0.2, 0) is 11.8 Å². The molecule has 0 unspecified atom stereocenters. The number of aromatic amines is 1. The van der Waals surface area contributed by atoms with Crippen LogP contribution in [0.3, 0.4) is 0 Å². The van der Waals surface area contributed by atoms with Gasteiger partial charge in [-0.25, -0.2) is 4.79 Å². The number of anilines is 1. The first-order valence-electron chi connectivity index (χ1n) is 8.42. The van der Waals surface area contributed by atoms with Crippen molar-refractivity contribution in [2.75, 3.05) is 11.9 Å². The number of amides is 1. The van der Waals surface area contributed by atoms with E-state index in [1.165, 1.54) is 4.80 Å². The first kappa shape index (κ1) is 18.3. The number of tetrazole rings is 1. The predicted octanol–water partition coefficient (Wildman–Crippen LogP) is 2.25. The number of H-pyrrole nitrogens is 1. The van der Waals surface area contributed by atoms with Gasteiger partial charge in [0.1, 0.15) is 5.69 Å². The van der Waals surface area contributed by atoms with Crippen LogP contribution in [-0.4, -0.2) is 43.7 Å². The van der Waals surface area contributed by atoms with Crippen LogP contribution in [0.2, 0.25) is 0 Å². The zero-order valence-corrected chi connectivity index (χ0v) is 15.5. The average Bonchev–Trinajstić information content (AvgIpc) is 3.18. The van der Waals surface area contributed by atoms with Crippen molar-refractivity contribution in [2.45, 2.75) is 20.8 Å². The number of carbonyl (C=O) groups is 2. The highest BCUT2D eigenvalue weighted by atomic mass is 16.5. The Kier molecular flexibility index (Phi) is 5.02. The number of benzene rings is 1. The molecule has 9 nitrogen and oxygen atoms in total. The lowest BCUT2D eigenvalue weighted by Crippen LogP contribution is -2.14. The molecule has 140 valence electrons. The third kappa shape index (κ3) is 3.71. The number of carbonyl (C=O) groups excluding carboxylic acids is 2. The number of aromatic nitrogens is 5. The summed E-state index contributed by atoms with van der Waals surface area (Å²) in [6.45, 7) is 5.45. The molecule has 0 spiro atoms. The zero-order valence-electron chi connectivity index (χ0n) is 15.5. The van der Waals surface area contributed by atoms with Crippen molar-refractivity contribution in [3.05, 3.63) is 46.8 Å². The minimum absolute atomic E-state index is 0.265. The fourth-order valence-electron chi connectivity index (χ4n) is 2.83. The maximum atomic E-state index is 12.8. The standard InChI is InChI=1S/C18H20N6O3/c1-5-27-18(26)15-10(2)14(11(3)19-15)17(25)20-13-8-6-7-12(9-13)16-21-23-24(4)22-16/h6-9,19H,5H2,1-4H3,(H,20,25). The minimum atomic E-state index is -0.479. The summed E-state index contributed by atoms with van der Waals surface area (Å²) in [6, 6.07) is 7.15. The second-order valence-electron chi connectivity index (χ2n) is 5.98. The van der Waals surface area contributed by atoms with Crippen molar-refractivity contribution in [3.8, 4) is 11.4 Å². The van der Waals surface area contributed by atoms with Gasteiger partial charge in [-0.1, -0.05) is 12.1 Å². The lowest BCUT2D eigenvalue weighted by atomic mass is 10.1. The van der Waals surface area contributed by atoms with Crippen molar-refractivity contribution in [3.63, 3.8) is 0 Å². The molecule has 3 aromatic rings. The zero-order chi connectivity index (χ0) is 19.6. The van der Waals surface area contributed by atoms with E-state index in [9.17, 15) is 9.59 Å². The SMILES string of the molecule is CCOC(=O)c1[nH]c(C)c(C(=O)Nc2cccc(-c3nnn(C)n3)c2)c1C. The summed E-state index contributed by atoms with van der Waals surface area (Å²) in [4.78, 5) is 29.1. The molecule has 2 N–H and O–H groups in total. The summed E-state index contributed by atoms with van der Waals surface area (Å²) in [5.74, 6) is -0.332. The molecule has 0 atom stereocenters. The summed E-state index contributed by atoms with van der Waals surface area (Å²) >= 11 is 0. The van der Waals surface area contributed by atoms with E-state index in [1.54, 1.807) is 46.0 Å². The lowest BCUT2D eigenvalue weighted by molar-refractivity contribution is 0.0519. The summed E-state index contributed by atoms with van der Waals surface area (Å²) in [5, 5.41) is 14.8. The van der Waals surface area contributed by atoms with Crippen LogP contribution in [0.1, 0.15) is 39.0 Å². The van der Waals surface area contributed by atoms with Crippen LogP contribution in [0.5, 0.6) is 0 Å². The maximum absolute atomic E-state index is 12.8. The second kappa shape index (κ2) is 7.40. The normalized spacial score (nSPS) is 10.7. The molecule has 0 radical (unpaired) electrons. The topological polar surface area (TPSA) is 115 Å². The van der Waals surface area contributed by atoms with E-state index in [2.05, 4.69) is 25.7 Å². The number of hydrogen-bond donors (Lipinski definition) is 2. The second-order valence-corrected chi connectivity index (χ2v) is 5.98. The first-order chi connectivity index (χ1) is 12.9. The Labute approximate surface area is 155 Å². The van der Waals surface area contributed by atoms with Crippen molar-refractivity contribution >= 4 is 17.6 Å². The van der Waals surface area contributed by atoms with Crippen LogP contribution < -0.4 is 5.32 Å². The molecule has 0 fully saturated rings. The molecule has 2 aromatic heterocycles. The van der Waals surface area contributed by atoms with E-state index in [0.717, 1.165) is 5.56 Å². The van der Waals surface area contributed by atoms with E-state index in [-0.39, 0.29) is 18.2 Å². The average molecular weight is 368 g/mol. The molecule has 3 rings (SSSR count). The molecule has 1 amide bonds. The number of nitrogens with zero attached hydrogens (tertiary/aromatic N) is 4. The molecule has 0 aliphatic carbocycles. The molecule has 9 heteroatoms. The van der Waals surface area contributed by atoms with Gasteiger partial charge in [0.05, 0.1) is 19.2 Å². The Morgan fingerprint density at radius 2 is 2.07 bits per heavy atom. The Morgan fingerprint density at radius 1 is 1.30 bits per heavy atom. The number of aryl methyl sites for hydroxylation is 2. The number of esters is 1. The Hall–Kier alpha value is -3.49. The third-order valence-corrected chi connectivity index (χ3v) is 4.03. The van der Waals surface area contributed by atoms with E-state index in [4.69, 9.17) is 4.74 Å². The van der Waals surface area contributed by atoms with Crippen molar-refractivity contribution in [2.24, 2.45) is 7.05 Å². The molecular formula is C18H20N6O3. The van der Waals surface area contributed by atoms with Gasteiger partial charge in [-0.05, 0) is 43.7 Å². The van der Waals surface area contributed by atoms with Crippen LogP contribution in [0.15, 0.2) is 24.3 Å². The molecule has 0 bridgehead atoms. The van der Waals surface area contributed by atoms with Crippen molar-refractivity contribution < 1.29 is 14.3 Å². The Bertz CT molecular complexity index is 1000. The summed E-state index contributed by atoms with van der Waals surface area (Å²) in [7, 11) is 1.68. The fourth-order valence-corrected chi connectivity index (χ4v) is 2.83. The molecule has 0 aliphatic rings. The largest absolute Gasteiger partial charge is 0.461 e. The molecule has 2 heterocycles. The van der Waals surface area contributed by atoms with Crippen LogP contribution in [0, 0.1) is 13.8 Å². The molecule has 0 saturated carbocycles. The smallest absolute Gasteiger partial charge is 0.355 e. The Balaban J connectivity index is 1.85. The summed E-state index contributed by atoms with van der Waals surface area (Å²) < 4.78 is 5.02. The summed E-state index contributed by atoms with van der Waals surface area (Å²) in [5.41, 5.74) is 3.17. The Morgan fingerprint density at radius 3 is 2.74 bits per heavy atom. The minimum Gasteiger partial charge on any atom is -0.461 e.